The van der Waals surface area contributed by atoms with Crippen molar-refractivity contribution in [1.82, 2.24) is 4.90 Å². The van der Waals surface area contributed by atoms with Crippen molar-refractivity contribution in [3.63, 3.8) is 0 Å². The number of benzene rings is 2. The van der Waals surface area contributed by atoms with Crippen LogP contribution in [0.1, 0.15) is 30.5 Å². The van der Waals surface area contributed by atoms with Crippen LogP contribution in [0.5, 0.6) is 5.75 Å². The Hall–Kier alpha value is -3.65. The van der Waals surface area contributed by atoms with Crippen LogP contribution in [0.3, 0.4) is 0 Å². The number of nitrogens with zero attached hydrogens (tertiary/aromatic N) is 2. The molecule has 176 valence electrons. The number of anilines is 1. The van der Waals surface area contributed by atoms with Gasteiger partial charge in [-0.05, 0) is 43.7 Å². The minimum atomic E-state index is -1.76. The molecule has 8 nitrogen and oxygen atoms in total. The molecule has 2 unspecified atom stereocenters. The van der Waals surface area contributed by atoms with Gasteiger partial charge in [0.05, 0.1) is 17.9 Å². The van der Waals surface area contributed by atoms with Crippen molar-refractivity contribution >= 4 is 29.0 Å². The predicted molar refractivity (Wildman–Crippen MR) is 125 cm³/mol. The summed E-state index contributed by atoms with van der Waals surface area (Å²) in [6.45, 7) is 4.28. The number of para-hydroxylation sites is 1. The SMILES string of the molecule is CCN1C(=O)C2(/C(=C(/O)c3ccc4c(c3)CC(C)O4)C(=O)C(=O)N2CCOC)c2ccccc21. The Balaban J connectivity index is 1.78. The van der Waals surface area contributed by atoms with Gasteiger partial charge in [0.2, 0.25) is 0 Å². The van der Waals surface area contributed by atoms with E-state index in [2.05, 4.69) is 0 Å². The second-order valence-corrected chi connectivity index (χ2v) is 8.73. The van der Waals surface area contributed by atoms with Crippen LogP contribution in [0.4, 0.5) is 5.69 Å². The van der Waals surface area contributed by atoms with Crippen molar-refractivity contribution < 1.29 is 29.0 Å². The molecule has 0 saturated carbocycles. The van der Waals surface area contributed by atoms with Crippen LogP contribution in [0.2, 0.25) is 0 Å². The molecule has 1 fully saturated rings. The van der Waals surface area contributed by atoms with Crippen LogP contribution in [-0.2, 0) is 31.1 Å². The Morgan fingerprint density at radius 2 is 1.97 bits per heavy atom. The first-order valence-corrected chi connectivity index (χ1v) is 11.4. The largest absolute Gasteiger partial charge is 0.507 e. The summed E-state index contributed by atoms with van der Waals surface area (Å²) >= 11 is 0. The standard InChI is InChI=1S/C26H26N2O6/c1-4-27-19-8-6-5-7-18(19)26(25(27)32)21(23(30)24(31)28(26)11-12-33-3)22(29)16-9-10-20-17(14-16)13-15(2)34-20/h5-10,14-15,29H,4,11-13H2,1-3H3/b22-21+. The Kier molecular flexibility index (Phi) is 5.20. The number of carbonyl (C=O) groups excluding carboxylic acids is 3. The molecule has 2 amide bonds. The highest BCUT2D eigenvalue weighted by molar-refractivity contribution is 6.50. The fourth-order valence-electron chi connectivity index (χ4n) is 5.38. The average Bonchev–Trinajstić information content (AvgIpc) is 3.40. The molecule has 1 saturated heterocycles. The van der Waals surface area contributed by atoms with Gasteiger partial charge in [0, 0.05) is 37.7 Å². The van der Waals surface area contributed by atoms with Gasteiger partial charge in [-0.3, -0.25) is 14.4 Å². The molecular formula is C26H26N2O6. The van der Waals surface area contributed by atoms with Crippen molar-refractivity contribution in [3.8, 4) is 5.75 Å². The molecule has 2 aromatic carbocycles. The topological polar surface area (TPSA) is 96.4 Å². The number of ketones is 1. The zero-order valence-electron chi connectivity index (χ0n) is 19.3. The average molecular weight is 463 g/mol. The molecule has 8 heteroatoms. The van der Waals surface area contributed by atoms with Gasteiger partial charge in [-0.15, -0.1) is 0 Å². The van der Waals surface area contributed by atoms with E-state index in [0.717, 1.165) is 11.3 Å². The van der Waals surface area contributed by atoms with Crippen molar-refractivity contribution in [2.24, 2.45) is 0 Å². The number of aliphatic hydroxyl groups excluding tert-OH is 1. The van der Waals surface area contributed by atoms with E-state index in [0.29, 0.717) is 29.8 Å². The van der Waals surface area contributed by atoms with Gasteiger partial charge in [-0.25, -0.2) is 0 Å². The summed E-state index contributed by atoms with van der Waals surface area (Å²) in [4.78, 5) is 43.6. The molecule has 3 aliphatic heterocycles. The molecule has 0 bridgehead atoms. The van der Waals surface area contributed by atoms with E-state index in [-0.39, 0.29) is 30.6 Å². The predicted octanol–water partition coefficient (Wildman–Crippen LogP) is 2.60. The van der Waals surface area contributed by atoms with E-state index in [1.54, 1.807) is 47.4 Å². The lowest BCUT2D eigenvalue weighted by Gasteiger charge is -2.34. The van der Waals surface area contributed by atoms with E-state index in [1.807, 2.05) is 13.8 Å². The van der Waals surface area contributed by atoms with Crippen LogP contribution in [0.25, 0.3) is 5.76 Å². The highest BCUT2D eigenvalue weighted by atomic mass is 16.5. The van der Waals surface area contributed by atoms with E-state index in [4.69, 9.17) is 9.47 Å². The van der Waals surface area contributed by atoms with Gasteiger partial charge in [0.25, 0.3) is 17.6 Å². The van der Waals surface area contributed by atoms with Crippen molar-refractivity contribution in [2.75, 3.05) is 31.7 Å². The number of likely N-dealkylation sites (N-methyl/N-ethyl adjacent to an activating group) is 1. The number of fused-ring (bicyclic) bond motifs is 3. The van der Waals surface area contributed by atoms with Gasteiger partial charge in [-0.2, -0.15) is 0 Å². The molecule has 1 N–H and O–H groups in total. The van der Waals surface area contributed by atoms with Gasteiger partial charge >= 0.3 is 0 Å². The number of aliphatic hydroxyl groups is 1. The summed E-state index contributed by atoms with van der Waals surface area (Å²) in [5.41, 5.74) is 0.395. The van der Waals surface area contributed by atoms with Crippen LogP contribution in [0.15, 0.2) is 48.0 Å². The maximum Gasteiger partial charge on any atom is 0.296 e. The molecule has 1 spiro atoms. The first kappa shape index (κ1) is 22.2. The van der Waals surface area contributed by atoms with E-state index < -0.39 is 23.1 Å². The highest BCUT2D eigenvalue weighted by Gasteiger charge is 2.66. The smallest absolute Gasteiger partial charge is 0.296 e. The molecule has 2 aromatic rings. The summed E-state index contributed by atoms with van der Waals surface area (Å²) in [6, 6.07) is 12.2. The number of hydrogen-bond acceptors (Lipinski definition) is 6. The first-order valence-electron chi connectivity index (χ1n) is 11.4. The van der Waals surface area contributed by atoms with Crippen LogP contribution in [0, 0.1) is 0 Å². The monoisotopic (exact) mass is 462 g/mol. The normalized spacial score (nSPS) is 24.7. The van der Waals surface area contributed by atoms with Gasteiger partial charge in [0.1, 0.15) is 17.6 Å². The molecule has 2 atom stereocenters. The summed E-state index contributed by atoms with van der Waals surface area (Å²) in [5, 5.41) is 11.5. The van der Waals surface area contributed by atoms with Crippen molar-refractivity contribution in [3.05, 3.63) is 64.7 Å². The number of Topliss-reactive ketones (excluding diaryl/α,β-unsaturated/α-hetero) is 1. The molecule has 0 radical (unpaired) electrons. The number of carbonyl (C=O) groups is 3. The Bertz CT molecular complexity index is 1250. The number of likely N-dealkylation sites (tertiary alicyclic amines) is 1. The summed E-state index contributed by atoms with van der Waals surface area (Å²) in [5.74, 6) is -1.82. The molecule has 34 heavy (non-hydrogen) atoms. The third-order valence-electron chi connectivity index (χ3n) is 6.81. The summed E-state index contributed by atoms with van der Waals surface area (Å²) in [7, 11) is 1.49. The third kappa shape index (κ3) is 2.84. The molecule has 3 heterocycles. The molecule has 0 aromatic heterocycles. The summed E-state index contributed by atoms with van der Waals surface area (Å²) < 4.78 is 10.9. The van der Waals surface area contributed by atoms with Crippen molar-refractivity contribution in [2.45, 2.75) is 31.9 Å². The highest BCUT2D eigenvalue weighted by Crippen LogP contribution is 2.53. The lowest BCUT2D eigenvalue weighted by molar-refractivity contribution is -0.144. The fraction of sp³-hybridized carbons (Fsp3) is 0.346. The zero-order valence-corrected chi connectivity index (χ0v) is 19.3. The molecule has 5 rings (SSSR count). The maximum absolute atomic E-state index is 14.0. The van der Waals surface area contributed by atoms with Gasteiger partial charge < -0.3 is 24.4 Å². The van der Waals surface area contributed by atoms with Gasteiger partial charge in [-0.1, -0.05) is 18.2 Å². The molecule has 3 aliphatic rings. The Labute approximate surface area is 197 Å². The molecular weight excluding hydrogens is 436 g/mol. The Morgan fingerprint density at radius 3 is 2.71 bits per heavy atom. The quantitative estimate of drug-likeness (QED) is 0.417. The molecule has 0 aliphatic carbocycles. The number of ether oxygens (including phenoxy) is 2. The second kappa shape index (κ2) is 7.99. The third-order valence-corrected chi connectivity index (χ3v) is 6.81. The number of rotatable bonds is 5. The number of hydrogen-bond donors (Lipinski definition) is 1. The van der Waals surface area contributed by atoms with Crippen LogP contribution < -0.4 is 9.64 Å². The second-order valence-electron chi connectivity index (χ2n) is 8.73. The lowest BCUT2D eigenvalue weighted by atomic mass is 9.81. The number of methoxy groups -OCH3 is 1. The summed E-state index contributed by atoms with van der Waals surface area (Å²) in [6.07, 6.45) is 0.668. The lowest BCUT2D eigenvalue weighted by Crippen LogP contribution is -2.52. The van der Waals surface area contributed by atoms with Crippen molar-refractivity contribution in [1.29, 1.82) is 0 Å². The van der Waals surface area contributed by atoms with E-state index >= 15 is 0 Å². The first-order chi connectivity index (χ1) is 16.4. The number of amides is 2. The van der Waals surface area contributed by atoms with E-state index in [1.165, 1.54) is 12.0 Å². The maximum atomic E-state index is 14.0. The van der Waals surface area contributed by atoms with Crippen LogP contribution in [-0.4, -0.2) is 60.5 Å². The van der Waals surface area contributed by atoms with Crippen LogP contribution >= 0.6 is 0 Å². The van der Waals surface area contributed by atoms with E-state index in [9.17, 15) is 19.5 Å². The van der Waals surface area contributed by atoms with Gasteiger partial charge in [0.15, 0.2) is 5.54 Å². The minimum absolute atomic E-state index is 0.00649. The zero-order chi connectivity index (χ0) is 24.2. The Morgan fingerprint density at radius 1 is 1.21 bits per heavy atom. The minimum Gasteiger partial charge on any atom is -0.507 e. The fourth-order valence-corrected chi connectivity index (χ4v) is 5.38.